The number of pyridine rings is 1. The fourth-order valence-corrected chi connectivity index (χ4v) is 5.93. The number of benzene rings is 2. The number of rotatable bonds is 8. The fourth-order valence-electron chi connectivity index (χ4n) is 4.82. The molecular formula is C28H24FN5O6S. The third kappa shape index (κ3) is 5.05. The molecular weight excluding hydrogens is 553 g/mol. The lowest BCUT2D eigenvalue weighted by molar-refractivity contribution is 0.190. The van der Waals surface area contributed by atoms with Gasteiger partial charge in [0.2, 0.25) is 11.8 Å². The molecule has 4 heterocycles. The molecule has 0 fully saturated rings. The van der Waals surface area contributed by atoms with Crippen LogP contribution in [0.2, 0.25) is 0 Å². The lowest BCUT2D eigenvalue weighted by Gasteiger charge is -2.22. The van der Waals surface area contributed by atoms with E-state index in [1.54, 1.807) is 12.3 Å². The van der Waals surface area contributed by atoms with Crippen LogP contribution in [0, 0.1) is 12.7 Å². The van der Waals surface area contributed by atoms with Gasteiger partial charge in [0.25, 0.3) is 0 Å². The fraction of sp³-hybridized carbons (Fsp3) is 0.250. The Balaban J connectivity index is 1.31. The molecule has 0 spiro atoms. The number of aliphatic hydroxyl groups excluding tert-OH is 1. The van der Waals surface area contributed by atoms with E-state index in [1.807, 2.05) is 19.1 Å². The molecule has 11 nitrogen and oxygen atoms in total. The van der Waals surface area contributed by atoms with Crippen molar-refractivity contribution in [2.24, 2.45) is 0 Å². The zero-order chi connectivity index (χ0) is 28.7. The highest BCUT2D eigenvalue weighted by Crippen LogP contribution is 2.43. The molecule has 5 aromatic rings. The van der Waals surface area contributed by atoms with Crippen molar-refractivity contribution >= 4 is 44.4 Å². The summed E-state index contributed by atoms with van der Waals surface area (Å²) in [5.41, 5.74) is 4.49. The second kappa shape index (κ2) is 10.7. The molecule has 0 saturated heterocycles. The number of aryl methyl sites for hydroxylation is 1. The molecule has 1 aliphatic heterocycles. The van der Waals surface area contributed by atoms with Crippen LogP contribution in [0.1, 0.15) is 11.1 Å². The predicted octanol–water partition coefficient (Wildman–Crippen LogP) is 4.62. The lowest BCUT2D eigenvalue weighted by atomic mass is 10.1. The Kier molecular flexibility index (Phi) is 6.97. The summed E-state index contributed by atoms with van der Waals surface area (Å²) in [5, 5.41) is 19.4. The second-order valence-corrected chi connectivity index (χ2v) is 10.4. The first-order chi connectivity index (χ1) is 19.8. The molecule has 0 bridgehead atoms. The summed E-state index contributed by atoms with van der Waals surface area (Å²) in [6.07, 6.45) is 1.37. The van der Waals surface area contributed by atoms with Gasteiger partial charge in [0.05, 0.1) is 59.6 Å². The number of aliphatic hydroxyl groups is 1. The minimum atomic E-state index is -1.20. The van der Waals surface area contributed by atoms with Crippen LogP contribution in [0.5, 0.6) is 17.5 Å². The minimum absolute atomic E-state index is 0.0466. The number of aromatic nitrogens is 4. The molecule has 210 valence electrons. The molecule has 6 rings (SSSR count). The van der Waals surface area contributed by atoms with Crippen molar-refractivity contribution in [1.29, 1.82) is 0 Å². The van der Waals surface area contributed by atoms with Crippen LogP contribution >= 0.6 is 11.3 Å². The molecule has 41 heavy (non-hydrogen) atoms. The number of fused-ring (bicyclic) bond motifs is 4. The standard InChI is InChI=1S/C28H24FN5O6S/c1-14-7-17(24-20(8-14)32-23(38-2)12-31-24)27-33-21-10-19(29)25-18(26(21)41-27)9-16(40-25)13-34(28(36)37)15-3-4-22(30-11-15)39-6-5-35/h3-4,7-8,10-12,16,35H,5-6,9,13H2,1-2H3,(H,36,37). The number of methoxy groups -OCH3 is 1. The normalized spacial score (nSPS) is 14.2. The van der Waals surface area contributed by atoms with Gasteiger partial charge in [-0.25, -0.2) is 29.1 Å². The number of ether oxygens (including phenoxy) is 3. The summed E-state index contributed by atoms with van der Waals surface area (Å²) in [5.74, 6) is 0.208. The van der Waals surface area contributed by atoms with E-state index >= 15 is 4.39 Å². The van der Waals surface area contributed by atoms with Crippen LogP contribution in [-0.2, 0) is 6.42 Å². The van der Waals surface area contributed by atoms with Crippen LogP contribution in [-0.4, -0.2) is 69.2 Å². The molecule has 2 N–H and O–H groups in total. The molecule has 1 unspecified atom stereocenters. The van der Waals surface area contributed by atoms with Crippen molar-refractivity contribution < 1.29 is 33.6 Å². The quantitative estimate of drug-likeness (QED) is 0.269. The summed E-state index contributed by atoms with van der Waals surface area (Å²) in [4.78, 5) is 31.1. The molecule has 1 aliphatic rings. The smallest absolute Gasteiger partial charge is 0.411 e. The summed E-state index contributed by atoms with van der Waals surface area (Å²) in [7, 11) is 1.53. The highest BCUT2D eigenvalue weighted by atomic mass is 32.1. The number of carbonyl (C=O) groups is 1. The third-order valence-electron chi connectivity index (χ3n) is 6.60. The highest BCUT2D eigenvalue weighted by Gasteiger charge is 2.33. The molecule has 13 heteroatoms. The Morgan fingerprint density at radius 2 is 2.02 bits per heavy atom. The number of hydrogen-bond donors (Lipinski definition) is 2. The van der Waals surface area contributed by atoms with Gasteiger partial charge in [-0.05, 0) is 30.7 Å². The van der Waals surface area contributed by atoms with Crippen molar-refractivity contribution in [2.45, 2.75) is 19.4 Å². The predicted molar refractivity (Wildman–Crippen MR) is 150 cm³/mol. The monoisotopic (exact) mass is 577 g/mol. The van der Waals surface area contributed by atoms with E-state index in [4.69, 9.17) is 24.3 Å². The molecule has 0 saturated carbocycles. The van der Waals surface area contributed by atoms with Crippen LogP contribution in [0.4, 0.5) is 14.9 Å². The number of hydrogen-bond acceptors (Lipinski definition) is 10. The van der Waals surface area contributed by atoms with Crippen molar-refractivity contribution in [3.63, 3.8) is 0 Å². The van der Waals surface area contributed by atoms with Gasteiger partial charge in [-0.15, -0.1) is 11.3 Å². The topological polar surface area (TPSA) is 140 Å². The molecule has 3 aromatic heterocycles. The lowest BCUT2D eigenvalue weighted by Crippen LogP contribution is -2.38. The average Bonchev–Trinajstić information content (AvgIpc) is 3.59. The first kappa shape index (κ1) is 26.6. The van der Waals surface area contributed by atoms with E-state index in [9.17, 15) is 9.90 Å². The van der Waals surface area contributed by atoms with Gasteiger partial charge in [0.15, 0.2) is 11.6 Å². The Labute approximate surface area is 236 Å². The van der Waals surface area contributed by atoms with Crippen LogP contribution < -0.4 is 19.1 Å². The number of anilines is 1. The van der Waals surface area contributed by atoms with Gasteiger partial charge in [-0.1, -0.05) is 0 Å². The van der Waals surface area contributed by atoms with Gasteiger partial charge in [-0.3, -0.25) is 4.90 Å². The summed E-state index contributed by atoms with van der Waals surface area (Å²) < 4.78 is 32.4. The van der Waals surface area contributed by atoms with Gasteiger partial charge >= 0.3 is 6.09 Å². The minimum Gasteiger partial charge on any atom is -0.485 e. The number of thiazole rings is 1. The van der Waals surface area contributed by atoms with Gasteiger partial charge in [0, 0.05) is 29.7 Å². The van der Waals surface area contributed by atoms with E-state index in [0.29, 0.717) is 45.1 Å². The van der Waals surface area contributed by atoms with Gasteiger partial charge < -0.3 is 24.4 Å². The zero-order valence-corrected chi connectivity index (χ0v) is 22.8. The van der Waals surface area contributed by atoms with E-state index in [0.717, 1.165) is 20.7 Å². The number of carboxylic acid groups (broad SMARTS) is 1. The number of halogens is 1. The van der Waals surface area contributed by atoms with Crippen molar-refractivity contribution in [3.8, 4) is 28.1 Å². The molecule has 0 aliphatic carbocycles. The highest BCUT2D eigenvalue weighted by molar-refractivity contribution is 7.22. The molecule has 1 amide bonds. The molecule has 0 radical (unpaired) electrons. The van der Waals surface area contributed by atoms with Crippen molar-refractivity contribution in [2.75, 3.05) is 31.8 Å². The average molecular weight is 578 g/mol. The van der Waals surface area contributed by atoms with Crippen LogP contribution in [0.15, 0.2) is 42.7 Å². The van der Waals surface area contributed by atoms with Crippen molar-refractivity contribution in [3.05, 3.63) is 59.7 Å². The zero-order valence-electron chi connectivity index (χ0n) is 22.0. The van der Waals surface area contributed by atoms with E-state index in [1.165, 1.54) is 36.8 Å². The van der Waals surface area contributed by atoms with Crippen LogP contribution in [0.3, 0.4) is 0 Å². The van der Waals surface area contributed by atoms with E-state index in [2.05, 4.69) is 15.0 Å². The maximum atomic E-state index is 15.2. The van der Waals surface area contributed by atoms with Gasteiger partial charge in [0.1, 0.15) is 17.7 Å². The maximum absolute atomic E-state index is 15.2. The third-order valence-corrected chi connectivity index (χ3v) is 7.76. The number of amides is 1. The van der Waals surface area contributed by atoms with Crippen LogP contribution in [0.25, 0.3) is 31.8 Å². The van der Waals surface area contributed by atoms with Gasteiger partial charge in [-0.2, -0.15) is 0 Å². The Morgan fingerprint density at radius 3 is 2.76 bits per heavy atom. The Bertz CT molecular complexity index is 1780. The first-order valence-electron chi connectivity index (χ1n) is 12.6. The molecule has 2 aromatic carbocycles. The summed E-state index contributed by atoms with van der Waals surface area (Å²) >= 11 is 1.40. The Hall–Kier alpha value is -4.62. The van der Waals surface area contributed by atoms with Crippen molar-refractivity contribution in [1.82, 2.24) is 19.9 Å². The summed E-state index contributed by atoms with van der Waals surface area (Å²) in [6, 6.07) is 8.29. The largest absolute Gasteiger partial charge is 0.485 e. The second-order valence-electron chi connectivity index (χ2n) is 9.39. The molecule has 1 atom stereocenters. The summed E-state index contributed by atoms with van der Waals surface area (Å²) in [6.45, 7) is 1.81. The Morgan fingerprint density at radius 1 is 1.17 bits per heavy atom. The van der Waals surface area contributed by atoms with E-state index < -0.39 is 18.0 Å². The number of nitrogens with zero attached hydrogens (tertiary/aromatic N) is 5. The van der Waals surface area contributed by atoms with E-state index in [-0.39, 0.29) is 31.4 Å². The first-order valence-corrected chi connectivity index (χ1v) is 13.5. The SMILES string of the molecule is COc1cnc2c(-c3nc4cc(F)c5c(c4s3)CC(CN(C(=O)O)c3ccc(OCCO)nc3)O5)cc(C)cc2n1. The maximum Gasteiger partial charge on any atom is 0.411 e.